The molecule has 6 aromatic rings. The average Bonchev–Trinajstić information content (AvgIpc) is 3.43. The van der Waals surface area contributed by atoms with Gasteiger partial charge in [-0.15, -0.1) is 53.6 Å². The summed E-state index contributed by atoms with van der Waals surface area (Å²) in [6.07, 6.45) is 3.53. The summed E-state index contributed by atoms with van der Waals surface area (Å²) in [7, 11) is 0. The second kappa shape index (κ2) is 12.5. The first kappa shape index (κ1) is 24.0. The van der Waals surface area contributed by atoms with Crippen LogP contribution in [0.15, 0.2) is 83.5 Å². The van der Waals surface area contributed by atoms with Gasteiger partial charge >= 0.3 is 0 Å². The predicted octanol–water partition coefficient (Wildman–Crippen LogP) is 9.25. The monoisotopic (exact) mass is 723 g/mol. The molecule has 4 heterocycles. The Labute approximate surface area is 263 Å². The molecule has 1 radical (unpaired) electrons. The third kappa shape index (κ3) is 6.48. The van der Waals surface area contributed by atoms with Crippen LogP contribution in [0, 0.1) is 38.7 Å². The standard InChI is InChI=1S/C23H23N2O.C13H12N.Ir/c1-14(2)23(4,5)16-11-12-24-20(13-16)19-8-6-7-17-18-10-9-15(3)25-22(18)26-21(17)19;1-10-3-6-12(7-4-10)13-8-5-11(2)9-14-13;/h6-7,9-14H,1-5H3;3-6,8-9H,1-2H3;/q2*-1;/i3D3;1D,2D;. The van der Waals surface area contributed by atoms with Gasteiger partial charge < -0.3 is 14.4 Å². The number of benzene rings is 2. The molecule has 211 valence electrons. The quantitative estimate of drug-likeness (QED) is 0.170. The van der Waals surface area contributed by atoms with Gasteiger partial charge in [0, 0.05) is 50.4 Å². The minimum atomic E-state index is -2.28. The Kier molecular flexibility index (Phi) is 7.29. The van der Waals surface area contributed by atoms with Crippen LogP contribution in [0.25, 0.3) is 44.6 Å². The largest absolute Gasteiger partial charge is 0.486 e. The molecule has 0 fully saturated rings. The normalized spacial score (nSPS) is 13.3. The third-order valence-electron chi connectivity index (χ3n) is 7.48. The van der Waals surface area contributed by atoms with Crippen LogP contribution in [-0.2, 0) is 25.5 Å². The summed E-state index contributed by atoms with van der Waals surface area (Å²) in [4.78, 5) is 13.1. The fourth-order valence-corrected chi connectivity index (χ4v) is 4.31. The number of aryl methyl sites for hydroxylation is 3. The van der Waals surface area contributed by atoms with Gasteiger partial charge in [0.25, 0.3) is 0 Å². The van der Waals surface area contributed by atoms with E-state index >= 15 is 0 Å². The SMILES string of the molecule is [2H]C([2H])([2H])c1ccc2c(n1)oc1c(-c3cc(C(C)(C)C(C)C)ccn3)[c-]ccc12.[2H]Cc1c[c-]c(-c2ccc(C[2H])cn2)cc1.[Ir]. The minimum absolute atomic E-state index is 0. The van der Waals surface area contributed by atoms with E-state index < -0.39 is 6.85 Å². The van der Waals surface area contributed by atoms with Crippen LogP contribution in [0.4, 0.5) is 0 Å². The number of hydrogen-bond acceptors (Lipinski definition) is 4. The van der Waals surface area contributed by atoms with Crippen LogP contribution in [0.3, 0.4) is 0 Å². The zero-order chi connectivity index (χ0) is 32.4. The Morgan fingerprint density at radius 3 is 2.39 bits per heavy atom. The summed E-state index contributed by atoms with van der Waals surface area (Å²) >= 11 is 0. The van der Waals surface area contributed by atoms with Gasteiger partial charge in [-0.1, -0.05) is 63.7 Å². The van der Waals surface area contributed by atoms with Crippen LogP contribution in [-0.4, -0.2) is 15.0 Å². The number of pyridine rings is 3. The molecule has 41 heavy (non-hydrogen) atoms. The molecule has 4 nitrogen and oxygen atoms in total. The van der Waals surface area contributed by atoms with E-state index in [9.17, 15) is 0 Å². The molecule has 0 unspecified atom stereocenters. The number of furan rings is 1. The maximum absolute atomic E-state index is 7.59. The van der Waals surface area contributed by atoms with Crippen molar-refractivity contribution in [2.45, 2.75) is 53.8 Å². The van der Waals surface area contributed by atoms with Crippen molar-refractivity contribution in [1.29, 1.82) is 0 Å². The molecule has 5 heteroatoms. The number of nitrogens with zero attached hydrogens (tertiary/aromatic N) is 3. The first-order chi connectivity index (χ1) is 21.4. The van der Waals surface area contributed by atoms with Gasteiger partial charge in [0.1, 0.15) is 0 Å². The van der Waals surface area contributed by atoms with E-state index in [0.717, 1.165) is 44.4 Å². The van der Waals surface area contributed by atoms with Gasteiger partial charge in [-0.2, -0.15) is 0 Å². The second-order valence-corrected chi connectivity index (χ2v) is 10.7. The molecule has 0 saturated carbocycles. The predicted molar refractivity (Wildman–Crippen MR) is 164 cm³/mol. The first-order valence-electron chi connectivity index (χ1n) is 16.1. The molecule has 0 spiro atoms. The smallest absolute Gasteiger partial charge is 0.216 e. The molecule has 0 bridgehead atoms. The van der Waals surface area contributed by atoms with E-state index in [1.54, 1.807) is 12.3 Å². The Hall–Kier alpha value is -3.66. The topological polar surface area (TPSA) is 51.8 Å². The van der Waals surface area contributed by atoms with E-state index in [4.69, 9.17) is 11.3 Å². The molecular formula is C36H35IrN3O-2. The third-order valence-corrected chi connectivity index (χ3v) is 7.48. The van der Waals surface area contributed by atoms with Crippen LogP contribution >= 0.6 is 0 Å². The maximum atomic E-state index is 7.59. The van der Waals surface area contributed by atoms with E-state index in [1.165, 1.54) is 11.6 Å². The molecule has 0 aliphatic rings. The summed E-state index contributed by atoms with van der Waals surface area (Å²) in [5.74, 6) is 0.464. The van der Waals surface area contributed by atoms with E-state index in [2.05, 4.69) is 60.8 Å². The van der Waals surface area contributed by atoms with Crippen LogP contribution in [0.2, 0.25) is 0 Å². The van der Waals surface area contributed by atoms with Crippen molar-refractivity contribution in [3.63, 3.8) is 0 Å². The van der Waals surface area contributed by atoms with Crippen LogP contribution in [0.1, 0.15) is 56.9 Å². The Bertz CT molecular complexity index is 1870. The Balaban J connectivity index is 0.000000240. The maximum Gasteiger partial charge on any atom is 0.216 e. The Morgan fingerprint density at radius 2 is 1.71 bits per heavy atom. The van der Waals surface area contributed by atoms with Gasteiger partial charge in [0.15, 0.2) is 0 Å². The van der Waals surface area contributed by atoms with E-state index in [0.29, 0.717) is 17.2 Å². The Morgan fingerprint density at radius 1 is 0.878 bits per heavy atom. The molecule has 0 N–H and O–H groups in total. The molecule has 0 amide bonds. The van der Waals surface area contributed by atoms with Crippen molar-refractivity contribution in [3.8, 4) is 22.5 Å². The van der Waals surface area contributed by atoms with Gasteiger partial charge in [-0.05, 0) is 65.8 Å². The van der Waals surface area contributed by atoms with Gasteiger partial charge in [0.2, 0.25) is 5.71 Å². The summed E-state index contributed by atoms with van der Waals surface area (Å²) in [6, 6.07) is 27.0. The van der Waals surface area contributed by atoms with Crippen molar-refractivity contribution >= 4 is 22.1 Å². The van der Waals surface area contributed by atoms with Crippen molar-refractivity contribution in [2.75, 3.05) is 0 Å². The fraction of sp³-hybridized carbons (Fsp3) is 0.250. The van der Waals surface area contributed by atoms with E-state index in [-0.39, 0.29) is 45.0 Å². The molecule has 0 aliphatic heterocycles. The zero-order valence-corrected chi connectivity index (χ0v) is 26.0. The zero-order valence-electron chi connectivity index (χ0n) is 28.6. The van der Waals surface area contributed by atoms with Crippen molar-refractivity contribution in [1.82, 2.24) is 15.0 Å². The molecule has 0 aliphatic carbocycles. The first-order valence-corrected chi connectivity index (χ1v) is 13.2. The molecule has 0 atom stereocenters. The second-order valence-electron chi connectivity index (χ2n) is 10.7. The number of rotatable bonds is 4. The van der Waals surface area contributed by atoms with Crippen molar-refractivity contribution in [3.05, 3.63) is 114 Å². The molecule has 4 aromatic heterocycles. The van der Waals surface area contributed by atoms with Crippen LogP contribution < -0.4 is 0 Å². The van der Waals surface area contributed by atoms with Crippen LogP contribution in [0.5, 0.6) is 0 Å². The summed E-state index contributed by atoms with van der Waals surface area (Å²) in [5.41, 5.74) is 7.30. The number of hydrogen-bond donors (Lipinski definition) is 0. The van der Waals surface area contributed by atoms with E-state index in [1.807, 2.05) is 54.7 Å². The van der Waals surface area contributed by atoms with Gasteiger partial charge in [0.05, 0.1) is 5.58 Å². The fourth-order valence-electron chi connectivity index (χ4n) is 4.31. The molecule has 0 saturated heterocycles. The molecular weight excluding hydrogens is 683 g/mol. The summed E-state index contributed by atoms with van der Waals surface area (Å²) in [5, 5.41) is 1.65. The summed E-state index contributed by atoms with van der Waals surface area (Å²) in [6.45, 7) is 7.13. The van der Waals surface area contributed by atoms with Gasteiger partial charge in [-0.25, -0.2) is 4.98 Å². The van der Waals surface area contributed by atoms with Crippen molar-refractivity contribution in [2.24, 2.45) is 5.92 Å². The van der Waals surface area contributed by atoms with Crippen molar-refractivity contribution < 1.29 is 31.4 Å². The average molecular weight is 723 g/mol. The number of aromatic nitrogens is 3. The summed E-state index contributed by atoms with van der Waals surface area (Å²) < 4.78 is 43.2. The number of fused-ring (bicyclic) bond motifs is 3. The molecule has 6 rings (SSSR count). The van der Waals surface area contributed by atoms with Gasteiger partial charge in [-0.3, -0.25) is 0 Å². The minimum Gasteiger partial charge on any atom is -0.486 e. The molecule has 2 aromatic carbocycles.